The molecule has 2 rings (SSSR count). The standard InChI is InChI=1S/C16H19NO3/c1-10-15(12(3)18)9-17(16(10)19)11(2)13-5-7-14(20-4)8-6-13/h5-8,11,15H,1,9H2,2-4H3/t11-,15?/m0/s1. The van der Waals surface area contributed by atoms with Gasteiger partial charge < -0.3 is 9.64 Å². The smallest absolute Gasteiger partial charge is 0.250 e. The van der Waals surface area contributed by atoms with E-state index in [0.29, 0.717) is 12.1 Å². The first-order valence-electron chi connectivity index (χ1n) is 6.60. The molecule has 0 bridgehead atoms. The highest BCUT2D eigenvalue weighted by Crippen LogP contribution is 2.32. The molecule has 4 nitrogen and oxygen atoms in total. The first-order chi connectivity index (χ1) is 9.45. The number of nitrogens with zero attached hydrogens (tertiary/aromatic N) is 1. The van der Waals surface area contributed by atoms with Crippen LogP contribution in [0.15, 0.2) is 36.4 Å². The summed E-state index contributed by atoms with van der Waals surface area (Å²) in [6.07, 6.45) is 0. The van der Waals surface area contributed by atoms with Crippen molar-refractivity contribution in [3.05, 3.63) is 42.0 Å². The van der Waals surface area contributed by atoms with Crippen LogP contribution in [0.3, 0.4) is 0 Å². The maximum absolute atomic E-state index is 12.2. The molecule has 1 unspecified atom stereocenters. The largest absolute Gasteiger partial charge is 0.497 e. The lowest BCUT2D eigenvalue weighted by molar-refractivity contribution is -0.126. The van der Waals surface area contributed by atoms with Crippen molar-refractivity contribution in [3.8, 4) is 5.75 Å². The summed E-state index contributed by atoms with van der Waals surface area (Å²) in [4.78, 5) is 25.4. The van der Waals surface area contributed by atoms with Gasteiger partial charge >= 0.3 is 0 Å². The van der Waals surface area contributed by atoms with E-state index in [-0.39, 0.29) is 23.7 Å². The normalized spacial score (nSPS) is 20.1. The molecule has 1 aliphatic rings. The Morgan fingerprint density at radius 3 is 2.45 bits per heavy atom. The average molecular weight is 273 g/mol. The van der Waals surface area contributed by atoms with Crippen LogP contribution in [0.25, 0.3) is 0 Å². The van der Waals surface area contributed by atoms with Crippen molar-refractivity contribution in [1.82, 2.24) is 4.90 Å². The van der Waals surface area contributed by atoms with E-state index in [2.05, 4.69) is 6.58 Å². The summed E-state index contributed by atoms with van der Waals surface area (Å²) in [5.74, 6) is 0.268. The second-order valence-corrected chi connectivity index (χ2v) is 5.10. The van der Waals surface area contributed by atoms with Gasteiger partial charge in [-0.2, -0.15) is 0 Å². The number of ketones is 1. The topological polar surface area (TPSA) is 46.6 Å². The number of hydrogen-bond acceptors (Lipinski definition) is 3. The van der Waals surface area contributed by atoms with Gasteiger partial charge in [0.1, 0.15) is 11.5 Å². The predicted molar refractivity (Wildman–Crippen MR) is 76.4 cm³/mol. The van der Waals surface area contributed by atoms with Gasteiger partial charge in [0.05, 0.1) is 19.1 Å². The van der Waals surface area contributed by atoms with Gasteiger partial charge in [-0.1, -0.05) is 18.7 Å². The summed E-state index contributed by atoms with van der Waals surface area (Å²) in [5.41, 5.74) is 1.41. The summed E-state index contributed by atoms with van der Waals surface area (Å²) in [6, 6.07) is 7.50. The molecule has 0 aliphatic carbocycles. The van der Waals surface area contributed by atoms with E-state index in [4.69, 9.17) is 4.74 Å². The number of methoxy groups -OCH3 is 1. The molecule has 0 spiro atoms. The van der Waals surface area contributed by atoms with Crippen molar-refractivity contribution in [3.63, 3.8) is 0 Å². The Morgan fingerprint density at radius 2 is 2.00 bits per heavy atom. The second-order valence-electron chi connectivity index (χ2n) is 5.10. The number of ether oxygens (including phenoxy) is 1. The van der Waals surface area contributed by atoms with E-state index in [9.17, 15) is 9.59 Å². The number of carbonyl (C=O) groups is 2. The fraction of sp³-hybridized carbons (Fsp3) is 0.375. The number of benzene rings is 1. The monoisotopic (exact) mass is 273 g/mol. The SMILES string of the molecule is C=C1C(=O)N([C@@H](C)c2ccc(OC)cc2)CC1C(C)=O. The van der Waals surface area contributed by atoms with Crippen molar-refractivity contribution in [2.45, 2.75) is 19.9 Å². The van der Waals surface area contributed by atoms with Gasteiger partial charge in [-0.15, -0.1) is 0 Å². The van der Waals surface area contributed by atoms with Gasteiger partial charge in [-0.05, 0) is 31.5 Å². The molecule has 106 valence electrons. The van der Waals surface area contributed by atoms with Crippen molar-refractivity contribution in [2.24, 2.45) is 5.92 Å². The Labute approximate surface area is 119 Å². The molecule has 0 radical (unpaired) electrons. The minimum absolute atomic E-state index is 0.00668. The molecule has 1 aliphatic heterocycles. The van der Waals surface area contributed by atoms with Crippen molar-refractivity contribution in [1.29, 1.82) is 0 Å². The molecule has 1 aromatic carbocycles. The molecule has 20 heavy (non-hydrogen) atoms. The number of amides is 1. The minimum Gasteiger partial charge on any atom is -0.497 e. The number of likely N-dealkylation sites (tertiary alicyclic amines) is 1. The summed E-state index contributed by atoms with van der Waals surface area (Å²) in [5, 5.41) is 0. The highest BCUT2D eigenvalue weighted by molar-refractivity contribution is 6.03. The molecule has 2 atom stereocenters. The maximum Gasteiger partial charge on any atom is 0.250 e. The molecule has 1 heterocycles. The van der Waals surface area contributed by atoms with Crippen LogP contribution in [0.2, 0.25) is 0 Å². The van der Waals surface area contributed by atoms with Gasteiger partial charge in [0, 0.05) is 12.1 Å². The molecule has 1 aromatic rings. The second kappa shape index (κ2) is 5.49. The zero-order valence-corrected chi connectivity index (χ0v) is 12.1. The van der Waals surface area contributed by atoms with Crippen LogP contribution in [-0.4, -0.2) is 30.2 Å². The summed E-state index contributed by atoms with van der Waals surface area (Å²) in [7, 11) is 1.61. The average Bonchev–Trinajstić information content (AvgIpc) is 2.75. The lowest BCUT2D eigenvalue weighted by atomic mass is 10.0. The van der Waals surface area contributed by atoms with Crippen LogP contribution >= 0.6 is 0 Å². The van der Waals surface area contributed by atoms with Crippen LogP contribution in [-0.2, 0) is 9.59 Å². The van der Waals surface area contributed by atoms with Crippen molar-refractivity contribution < 1.29 is 14.3 Å². The maximum atomic E-state index is 12.2. The zero-order valence-electron chi connectivity index (χ0n) is 12.1. The summed E-state index contributed by atoms with van der Waals surface area (Å²) >= 11 is 0. The number of Topliss-reactive ketones (excluding diaryl/α,β-unsaturated/α-hetero) is 1. The van der Waals surface area contributed by atoms with Crippen LogP contribution in [0.5, 0.6) is 5.75 Å². The molecule has 1 amide bonds. The van der Waals surface area contributed by atoms with E-state index >= 15 is 0 Å². The Hall–Kier alpha value is -2.10. The van der Waals surface area contributed by atoms with Gasteiger partial charge in [-0.25, -0.2) is 0 Å². The summed E-state index contributed by atoms with van der Waals surface area (Å²) < 4.78 is 5.12. The van der Waals surface area contributed by atoms with Crippen molar-refractivity contribution in [2.75, 3.05) is 13.7 Å². The molecule has 0 saturated carbocycles. The molecule has 1 fully saturated rings. The fourth-order valence-electron chi connectivity index (χ4n) is 2.49. The molecule has 0 aromatic heterocycles. The lowest BCUT2D eigenvalue weighted by Crippen LogP contribution is -2.29. The molecule has 0 N–H and O–H groups in total. The first kappa shape index (κ1) is 14.3. The Kier molecular flexibility index (Phi) is 3.93. The quantitative estimate of drug-likeness (QED) is 0.791. The Bertz CT molecular complexity index is 547. The van der Waals surface area contributed by atoms with Gasteiger partial charge in [0.15, 0.2) is 0 Å². The zero-order chi connectivity index (χ0) is 14.9. The Morgan fingerprint density at radius 1 is 1.40 bits per heavy atom. The van der Waals surface area contributed by atoms with E-state index in [1.165, 1.54) is 6.92 Å². The number of rotatable bonds is 4. The third kappa shape index (κ3) is 2.46. The molecular formula is C16H19NO3. The highest BCUT2D eigenvalue weighted by Gasteiger charge is 2.38. The van der Waals surface area contributed by atoms with E-state index < -0.39 is 0 Å². The van der Waals surface area contributed by atoms with Gasteiger partial charge in [-0.3, -0.25) is 9.59 Å². The van der Waals surface area contributed by atoms with Crippen molar-refractivity contribution >= 4 is 11.7 Å². The highest BCUT2D eigenvalue weighted by atomic mass is 16.5. The molecular weight excluding hydrogens is 254 g/mol. The molecule has 1 saturated heterocycles. The van der Waals surface area contributed by atoms with Crippen LogP contribution in [0.4, 0.5) is 0 Å². The first-order valence-corrected chi connectivity index (χ1v) is 6.60. The van der Waals surface area contributed by atoms with E-state index in [1.54, 1.807) is 12.0 Å². The fourth-order valence-corrected chi connectivity index (χ4v) is 2.49. The third-order valence-corrected chi connectivity index (χ3v) is 3.89. The van der Waals surface area contributed by atoms with Crippen LogP contribution in [0, 0.1) is 5.92 Å². The predicted octanol–water partition coefficient (Wildman–Crippen LogP) is 2.36. The molecule has 4 heteroatoms. The number of hydrogen-bond donors (Lipinski definition) is 0. The lowest BCUT2D eigenvalue weighted by Gasteiger charge is -2.24. The van der Waals surface area contributed by atoms with Crippen LogP contribution in [0.1, 0.15) is 25.5 Å². The third-order valence-electron chi connectivity index (χ3n) is 3.89. The number of carbonyl (C=O) groups excluding carboxylic acids is 2. The van der Waals surface area contributed by atoms with Gasteiger partial charge in [0.2, 0.25) is 0 Å². The van der Waals surface area contributed by atoms with E-state index in [0.717, 1.165) is 11.3 Å². The minimum atomic E-state index is -0.372. The van der Waals surface area contributed by atoms with Crippen LogP contribution < -0.4 is 4.74 Å². The van der Waals surface area contributed by atoms with E-state index in [1.807, 2.05) is 31.2 Å². The van der Waals surface area contributed by atoms with Gasteiger partial charge in [0.25, 0.3) is 5.91 Å². The Balaban J connectivity index is 2.20. The summed E-state index contributed by atoms with van der Waals surface area (Å²) in [6.45, 7) is 7.63.